The molecule has 1 aliphatic rings. The van der Waals surface area contributed by atoms with E-state index >= 15 is 0 Å². The Balaban J connectivity index is 2.31. The minimum atomic E-state index is -0.104. The van der Waals surface area contributed by atoms with Crippen molar-refractivity contribution in [1.29, 1.82) is 0 Å². The normalized spacial score (nSPS) is 35.1. The van der Waals surface area contributed by atoms with Crippen LogP contribution in [0.4, 0.5) is 0 Å². The van der Waals surface area contributed by atoms with Gasteiger partial charge in [-0.2, -0.15) is 0 Å². The van der Waals surface area contributed by atoms with E-state index in [2.05, 4.69) is 26.8 Å². The summed E-state index contributed by atoms with van der Waals surface area (Å²) in [5.41, 5.74) is -0.0709. The molecule has 0 radical (unpaired) electrons. The first-order valence-corrected chi connectivity index (χ1v) is 7.75. The van der Waals surface area contributed by atoms with Gasteiger partial charge in [0, 0.05) is 0 Å². The molecule has 0 aromatic carbocycles. The van der Waals surface area contributed by atoms with E-state index in [-0.39, 0.29) is 17.5 Å². The van der Waals surface area contributed by atoms with Crippen LogP contribution in [0.25, 0.3) is 0 Å². The number of methoxy groups -OCH3 is 1. The van der Waals surface area contributed by atoms with Gasteiger partial charge in [0.25, 0.3) is 0 Å². The predicted octanol–water partition coefficient (Wildman–Crippen LogP) is 2.29. The molecule has 5 heteroatoms. The Kier molecular flexibility index (Phi) is 3.74. The quantitative estimate of drug-likeness (QED) is 0.456. The van der Waals surface area contributed by atoms with Crippen LogP contribution in [0.2, 0.25) is 0 Å². The van der Waals surface area contributed by atoms with Crippen molar-refractivity contribution in [3.63, 3.8) is 0 Å². The summed E-state index contributed by atoms with van der Waals surface area (Å²) in [5.74, 6) is -0.0411. The van der Waals surface area contributed by atoms with Crippen LogP contribution >= 0.6 is 28.5 Å². The molecule has 0 saturated heterocycles. The molecule has 0 amide bonds. The summed E-state index contributed by atoms with van der Waals surface area (Å²) in [6.07, 6.45) is 1.60. The number of esters is 1. The molecule has 0 aromatic rings. The maximum Gasteiger partial charge on any atom is 0.308 e. The zero-order valence-corrected chi connectivity index (χ0v) is 10.3. The number of carbonyl (C=O) groups is 1. The third-order valence-electron chi connectivity index (χ3n) is 2.18. The minimum absolute atomic E-state index is 0.0627. The summed E-state index contributed by atoms with van der Waals surface area (Å²) in [7, 11) is 1.43. The second-order valence-electron chi connectivity index (χ2n) is 3.26. The van der Waals surface area contributed by atoms with Crippen molar-refractivity contribution >= 4 is 34.5 Å². The number of hydrogen-bond donors (Lipinski definition) is 0. The second kappa shape index (κ2) is 4.20. The van der Waals surface area contributed by atoms with Gasteiger partial charge in [-0.25, -0.2) is 0 Å². The van der Waals surface area contributed by atoms with Crippen LogP contribution in [0.3, 0.4) is 0 Å². The van der Waals surface area contributed by atoms with E-state index in [1.165, 1.54) is 7.11 Å². The van der Waals surface area contributed by atoms with E-state index in [1.807, 2.05) is 6.92 Å². The first-order chi connectivity index (χ1) is 5.61. The smallest absolute Gasteiger partial charge is 0.308 e. The zero-order valence-electron chi connectivity index (χ0n) is 7.09. The van der Waals surface area contributed by atoms with E-state index in [1.54, 1.807) is 0 Å². The minimum Gasteiger partial charge on any atom is -0.469 e. The molecule has 0 heterocycles. The Labute approximate surface area is 86.9 Å². The Morgan fingerprint density at radius 1 is 1.67 bits per heavy atom. The number of ether oxygens (including phenoxy) is 1. The molecule has 3 nitrogen and oxygen atoms in total. The molecule has 12 heavy (non-hydrogen) atoms. The van der Waals surface area contributed by atoms with Crippen LogP contribution in [0, 0.1) is 5.92 Å². The summed E-state index contributed by atoms with van der Waals surface area (Å²) in [5, 5.41) is 0. The molecule has 0 aliphatic heterocycles. The molecule has 0 spiro atoms. The van der Waals surface area contributed by atoms with Gasteiger partial charge in [0.2, 0.25) is 0 Å². The zero-order chi connectivity index (χ0) is 9.19. The molecule has 0 bridgehead atoms. The fourth-order valence-electron chi connectivity index (χ4n) is 1.49. The highest BCUT2D eigenvalue weighted by molar-refractivity contribution is 14.2. The van der Waals surface area contributed by atoms with Gasteiger partial charge >= 0.3 is 5.97 Å². The van der Waals surface area contributed by atoms with Crippen molar-refractivity contribution in [2.45, 2.75) is 25.4 Å². The average molecular weight is 302 g/mol. The Hall–Kier alpha value is 0.590. The summed E-state index contributed by atoms with van der Waals surface area (Å²) < 4.78 is 10.1. The SMILES string of the molecule is COC(=O)[C@H]1C[C@](C)(OPI)C1. The summed E-state index contributed by atoms with van der Waals surface area (Å²) in [4.78, 5) is 11.0. The van der Waals surface area contributed by atoms with Crippen LogP contribution in [0.1, 0.15) is 19.8 Å². The Bertz CT molecular complexity index is 179. The lowest BCUT2D eigenvalue weighted by molar-refractivity contribution is -0.156. The van der Waals surface area contributed by atoms with Crippen molar-refractivity contribution in [3.8, 4) is 0 Å². The molecule has 1 fully saturated rings. The van der Waals surface area contributed by atoms with Crippen LogP contribution in [-0.2, 0) is 14.1 Å². The van der Waals surface area contributed by atoms with Crippen LogP contribution in [0.15, 0.2) is 0 Å². The van der Waals surface area contributed by atoms with Gasteiger partial charge in [-0.05, 0) is 41.8 Å². The molecule has 0 N–H and O–H groups in total. The second-order valence-corrected chi connectivity index (χ2v) is 4.94. The summed E-state index contributed by atoms with van der Waals surface area (Å²) >= 11 is 2.19. The van der Waals surface area contributed by atoms with E-state index in [4.69, 9.17) is 4.52 Å². The molecule has 1 aliphatic carbocycles. The van der Waals surface area contributed by atoms with Gasteiger partial charge in [-0.3, -0.25) is 4.79 Å². The lowest BCUT2D eigenvalue weighted by Gasteiger charge is -2.42. The lowest BCUT2D eigenvalue weighted by Crippen LogP contribution is -2.45. The van der Waals surface area contributed by atoms with Crippen LogP contribution in [-0.4, -0.2) is 18.7 Å². The first kappa shape index (κ1) is 10.7. The fourth-order valence-corrected chi connectivity index (χ4v) is 3.44. The largest absolute Gasteiger partial charge is 0.469 e. The monoisotopic (exact) mass is 302 g/mol. The fraction of sp³-hybridized carbons (Fsp3) is 0.857. The van der Waals surface area contributed by atoms with Crippen molar-refractivity contribution in [2.24, 2.45) is 5.92 Å². The highest BCUT2D eigenvalue weighted by Crippen LogP contribution is 2.46. The summed E-state index contributed by atoms with van der Waals surface area (Å²) in [6.45, 7) is 2.51. The van der Waals surface area contributed by atoms with Gasteiger partial charge in [0.1, 0.15) is 0 Å². The average Bonchev–Trinajstić information content (AvgIpc) is 1.99. The number of carbonyl (C=O) groups excluding carboxylic acids is 1. The molecular weight excluding hydrogens is 290 g/mol. The topological polar surface area (TPSA) is 35.5 Å². The molecule has 1 saturated carbocycles. The van der Waals surface area contributed by atoms with Crippen LogP contribution < -0.4 is 0 Å². The van der Waals surface area contributed by atoms with E-state index in [9.17, 15) is 4.79 Å². The molecule has 1 atom stereocenters. The van der Waals surface area contributed by atoms with Gasteiger partial charge in [-0.1, -0.05) is 0 Å². The Morgan fingerprint density at radius 2 is 2.25 bits per heavy atom. The third kappa shape index (κ3) is 2.30. The van der Waals surface area contributed by atoms with Crippen molar-refractivity contribution in [1.82, 2.24) is 0 Å². The van der Waals surface area contributed by atoms with Crippen molar-refractivity contribution < 1.29 is 14.1 Å². The highest BCUT2D eigenvalue weighted by atomic mass is 127. The summed E-state index contributed by atoms with van der Waals surface area (Å²) in [6, 6.07) is 0. The lowest BCUT2D eigenvalue weighted by atomic mass is 9.72. The predicted molar refractivity (Wildman–Crippen MR) is 56.6 cm³/mol. The molecular formula is C7H12IO3P. The highest BCUT2D eigenvalue weighted by Gasteiger charge is 2.45. The number of hydrogen-bond acceptors (Lipinski definition) is 3. The number of rotatable bonds is 3. The molecule has 1 unspecified atom stereocenters. The molecule has 70 valence electrons. The third-order valence-corrected chi connectivity index (χ3v) is 3.41. The maximum atomic E-state index is 11.0. The molecule has 0 aromatic heterocycles. The maximum absolute atomic E-state index is 11.0. The van der Waals surface area contributed by atoms with Gasteiger partial charge in [0.05, 0.1) is 25.1 Å². The van der Waals surface area contributed by atoms with E-state index in [0.717, 1.165) is 12.8 Å². The van der Waals surface area contributed by atoms with Crippen molar-refractivity contribution in [2.75, 3.05) is 7.11 Å². The van der Waals surface area contributed by atoms with Gasteiger partial charge in [0.15, 0.2) is 0 Å². The Morgan fingerprint density at radius 3 is 2.67 bits per heavy atom. The van der Waals surface area contributed by atoms with E-state index in [0.29, 0.717) is 6.45 Å². The standard InChI is InChI=1S/C7H12IO3P/c1-7(11-12-8)3-5(4-7)6(9)10-2/h5,12H,3-4H2,1-2H3/t5-,7-. The van der Waals surface area contributed by atoms with Gasteiger partial charge < -0.3 is 9.26 Å². The molecule has 1 rings (SSSR count). The number of halogens is 1. The van der Waals surface area contributed by atoms with E-state index < -0.39 is 0 Å². The first-order valence-electron chi connectivity index (χ1n) is 3.73. The van der Waals surface area contributed by atoms with Crippen LogP contribution in [0.5, 0.6) is 0 Å². The van der Waals surface area contributed by atoms with Crippen molar-refractivity contribution in [3.05, 3.63) is 0 Å². The van der Waals surface area contributed by atoms with Gasteiger partial charge in [-0.15, -0.1) is 0 Å².